The molecule has 12 heteroatoms. The molecule has 7 N–H and O–H groups in total. The van der Waals surface area contributed by atoms with E-state index in [1.165, 1.54) is 19.1 Å². The lowest BCUT2D eigenvalue weighted by molar-refractivity contribution is -0.162. The maximum Gasteiger partial charge on any atom is 0.302 e. The van der Waals surface area contributed by atoms with Gasteiger partial charge in [0.2, 0.25) is 0 Å². The van der Waals surface area contributed by atoms with E-state index in [4.69, 9.17) is 24.9 Å². The first kappa shape index (κ1) is 31.2. The molecule has 204 valence electrons. The Morgan fingerprint density at radius 3 is 1.97 bits per heavy atom. The number of carboxylic acids is 1. The monoisotopic (exact) mass is 524 g/mol. The molecule has 0 saturated carbocycles. The zero-order valence-corrected chi connectivity index (χ0v) is 20.4. The van der Waals surface area contributed by atoms with E-state index in [2.05, 4.69) is 4.74 Å². The number of ether oxygens (including phenoxy) is 2. The summed E-state index contributed by atoms with van der Waals surface area (Å²) in [5, 5.41) is 63.4. The standard InChI is InChI=1S/C15H14O5.C8H14O5.C2H4O2/c16-10-4-1-9(2-5-10)3-6-12(18)15-13(19)7-11(17)8-14(15)20;1-5(9)12-4-8-7(11)2-6(10)3-13-8;1-2(3)4/h1-2,4-5,7-8,16-17,19-20H,3,6H2;6-8,10-11H,2-4H2,1H3;1H3,(H,3,4)/t;6?,7?,8-;/m.1./s1. The zero-order chi connectivity index (χ0) is 28.1. The summed E-state index contributed by atoms with van der Waals surface area (Å²) in [5.74, 6) is -2.71. The molecular formula is C25H32O12. The van der Waals surface area contributed by atoms with Crippen LogP contribution in [-0.2, 0) is 25.5 Å². The Labute approximate surface area is 213 Å². The molecule has 2 unspecified atom stereocenters. The third kappa shape index (κ3) is 12.1. The van der Waals surface area contributed by atoms with Crippen LogP contribution >= 0.6 is 0 Å². The Morgan fingerprint density at radius 2 is 1.49 bits per heavy atom. The second-order valence-electron chi connectivity index (χ2n) is 8.10. The number of aryl methyl sites for hydroxylation is 1. The molecule has 37 heavy (non-hydrogen) atoms. The number of benzene rings is 2. The molecular weight excluding hydrogens is 492 g/mol. The Morgan fingerprint density at radius 1 is 0.946 bits per heavy atom. The van der Waals surface area contributed by atoms with E-state index < -0.39 is 47.5 Å². The van der Waals surface area contributed by atoms with Gasteiger partial charge in [0.15, 0.2) is 5.78 Å². The van der Waals surface area contributed by atoms with Crippen molar-refractivity contribution in [3.8, 4) is 23.0 Å². The summed E-state index contributed by atoms with van der Waals surface area (Å²) in [5.41, 5.74) is 0.662. The Balaban J connectivity index is 0.000000346. The molecule has 1 aliphatic heterocycles. The van der Waals surface area contributed by atoms with E-state index in [9.17, 15) is 30.0 Å². The van der Waals surface area contributed by atoms with Gasteiger partial charge in [0.1, 0.15) is 41.3 Å². The fourth-order valence-electron chi connectivity index (χ4n) is 3.13. The van der Waals surface area contributed by atoms with Crippen LogP contribution in [0.15, 0.2) is 36.4 Å². The number of hydrogen-bond acceptors (Lipinski definition) is 11. The number of carbonyl (C=O) groups is 3. The maximum absolute atomic E-state index is 12.0. The molecule has 0 aliphatic carbocycles. The first-order valence-corrected chi connectivity index (χ1v) is 11.2. The fraction of sp³-hybridized carbons (Fsp3) is 0.400. The molecule has 1 aliphatic rings. The van der Waals surface area contributed by atoms with Crippen LogP contribution in [-0.4, -0.2) is 85.0 Å². The number of carbonyl (C=O) groups excluding carboxylic acids is 2. The van der Waals surface area contributed by atoms with Crippen LogP contribution in [0.1, 0.15) is 42.6 Å². The van der Waals surface area contributed by atoms with Gasteiger partial charge in [-0.1, -0.05) is 12.1 Å². The molecule has 0 bridgehead atoms. The fourth-order valence-corrected chi connectivity index (χ4v) is 3.13. The second kappa shape index (κ2) is 15.3. The molecule has 2 aromatic rings. The van der Waals surface area contributed by atoms with Gasteiger partial charge >= 0.3 is 5.97 Å². The van der Waals surface area contributed by atoms with Crippen LogP contribution in [0.25, 0.3) is 0 Å². The molecule has 3 atom stereocenters. The smallest absolute Gasteiger partial charge is 0.302 e. The van der Waals surface area contributed by atoms with E-state index in [1.807, 2.05) is 0 Å². The normalized spacial score (nSPS) is 18.3. The highest BCUT2D eigenvalue weighted by Crippen LogP contribution is 2.33. The summed E-state index contributed by atoms with van der Waals surface area (Å²) >= 11 is 0. The van der Waals surface area contributed by atoms with Crippen LogP contribution in [0, 0.1) is 0 Å². The summed E-state index contributed by atoms with van der Waals surface area (Å²) in [6.45, 7) is 2.61. The Bertz CT molecular complexity index is 1010. The van der Waals surface area contributed by atoms with Crippen LogP contribution in [0.2, 0.25) is 0 Å². The van der Waals surface area contributed by atoms with E-state index in [-0.39, 0.29) is 43.1 Å². The van der Waals surface area contributed by atoms with Gasteiger partial charge in [-0.25, -0.2) is 0 Å². The summed E-state index contributed by atoms with van der Waals surface area (Å²) in [7, 11) is 0. The number of esters is 1. The number of carboxylic acid groups (broad SMARTS) is 1. The predicted octanol–water partition coefficient (Wildman–Crippen LogP) is 1.48. The minimum Gasteiger partial charge on any atom is -0.508 e. The Hall–Kier alpha value is -3.87. The molecule has 1 saturated heterocycles. The largest absolute Gasteiger partial charge is 0.508 e. The summed E-state index contributed by atoms with van der Waals surface area (Å²) in [6, 6.07) is 8.45. The van der Waals surface area contributed by atoms with Gasteiger partial charge in [0.25, 0.3) is 5.97 Å². The highest BCUT2D eigenvalue weighted by molar-refractivity contribution is 6.01. The lowest BCUT2D eigenvalue weighted by Gasteiger charge is -2.30. The molecule has 1 fully saturated rings. The number of hydrogen-bond donors (Lipinski definition) is 7. The number of rotatable bonds is 6. The maximum atomic E-state index is 12.0. The van der Waals surface area contributed by atoms with Crippen molar-refractivity contribution in [2.24, 2.45) is 0 Å². The number of aliphatic carboxylic acids is 1. The van der Waals surface area contributed by atoms with Gasteiger partial charge in [0.05, 0.1) is 18.8 Å². The van der Waals surface area contributed by atoms with Crippen LogP contribution in [0.5, 0.6) is 23.0 Å². The summed E-state index contributed by atoms with van der Waals surface area (Å²) in [4.78, 5) is 31.4. The number of phenols is 4. The highest BCUT2D eigenvalue weighted by Gasteiger charge is 2.29. The van der Waals surface area contributed by atoms with E-state index in [0.29, 0.717) is 6.42 Å². The predicted molar refractivity (Wildman–Crippen MR) is 129 cm³/mol. The van der Waals surface area contributed by atoms with Crippen molar-refractivity contribution in [3.05, 3.63) is 47.5 Å². The lowest BCUT2D eigenvalue weighted by Crippen LogP contribution is -2.43. The molecule has 0 spiro atoms. The number of phenolic OH excluding ortho intramolecular Hbond substituents is 4. The van der Waals surface area contributed by atoms with Gasteiger partial charge in [-0.2, -0.15) is 0 Å². The summed E-state index contributed by atoms with van der Waals surface area (Å²) in [6.07, 6.45) is -1.11. The van der Waals surface area contributed by atoms with Gasteiger partial charge < -0.3 is 45.2 Å². The SMILES string of the molecule is CC(=O)O.CC(=O)OC[C@H]1OCC(O)CC1O.O=C(CCc1ccc(O)cc1)c1c(O)cc(O)cc1O. The van der Waals surface area contributed by atoms with Crippen molar-refractivity contribution in [2.45, 2.75) is 51.4 Å². The number of ketones is 1. The molecule has 12 nitrogen and oxygen atoms in total. The van der Waals surface area contributed by atoms with Crippen LogP contribution in [0.3, 0.4) is 0 Å². The average Bonchev–Trinajstić information content (AvgIpc) is 2.77. The van der Waals surface area contributed by atoms with Crippen molar-refractivity contribution < 1.29 is 59.6 Å². The minimum absolute atomic E-state index is 0.0449. The number of Topliss-reactive ketones (excluding diaryl/α,β-unsaturated/α-hetero) is 1. The van der Waals surface area contributed by atoms with Crippen molar-refractivity contribution in [1.82, 2.24) is 0 Å². The first-order valence-electron chi connectivity index (χ1n) is 11.2. The van der Waals surface area contributed by atoms with Crippen LogP contribution in [0.4, 0.5) is 0 Å². The van der Waals surface area contributed by atoms with Gasteiger partial charge in [-0.15, -0.1) is 0 Å². The van der Waals surface area contributed by atoms with Crippen molar-refractivity contribution in [2.75, 3.05) is 13.2 Å². The molecule has 0 aromatic heterocycles. The third-order valence-electron chi connectivity index (χ3n) is 4.83. The van der Waals surface area contributed by atoms with Crippen molar-refractivity contribution in [1.29, 1.82) is 0 Å². The number of aliphatic hydroxyl groups is 2. The molecule has 3 rings (SSSR count). The second-order valence-corrected chi connectivity index (χ2v) is 8.10. The minimum atomic E-state index is -0.833. The average molecular weight is 525 g/mol. The lowest BCUT2D eigenvalue weighted by atomic mass is 10.0. The third-order valence-corrected chi connectivity index (χ3v) is 4.83. The quantitative estimate of drug-likeness (QED) is 0.211. The van der Waals surface area contributed by atoms with E-state index in [1.54, 1.807) is 12.1 Å². The zero-order valence-electron chi connectivity index (χ0n) is 20.4. The van der Waals surface area contributed by atoms with E-state index in [0.717, 1.165) is 24.6 Å². The van der Waals surface area contributed by atoms with Gasteiger partial charge in [-0.05, 0) is 24.1 Å². The number of aliphatic hydroxyl groups excluding tert-OH is 2. The first-order chi connectivity index (χ1) is 17.3. The van der Waals surface area contributed by atoms with Gasteiger partial charge in [-0.3, -0.25) is 14.4 Å². The van der Waals surface area contributed by atoms with Crippen molar-refractivity contribution >= 4 is 17.7 Å². The molecule has 1 heterocycles. The molecule has 2 aromatic carbocycles. The summed E-state index contributed by atoms with van der Waals surface area (Å²) < 4.78 is 9.76. The van der Waals surface area contributed by atoms with Crippen molar-refractivity contribution in [3.63, 3.8) is 0 Å². The highest BCUT2D eigenvalue weighted by atomic mass is 16.6. The molecule has 0 amide bonds. The Kier molecular flexibility index (Phi) is 12.9. The number of aromatic hydroxyl groups is 4. The van der Waals surface area contributed by atoms with E-state index >= 15 is 0 Å². The van der Waals surface area contributed by atoms with Gasteiger partial charge in [0, 0.05) is 38.8 Å². The molecule has 0 radical (unpaired) electrons. The topological polar surface area (TPSA) is 211 Å². The van der Waals surface area contributed by atoms with Crippen LogP contribution < -0.4 is 0 Å².